The van der Waals surface area contributed by atoms with E-state index in [2.05, 4.69) is 15.6 Å². The van der Waals surface area contributed by atoms with Crippen molar-refractivity contribution in [1.82, 2.24) is 15.6 Å². The van der Waals surface area contributed by atoms with Crippen LogP contribution in [0, 0.1) is 0 Å². The van der Waals surface area contributed by atoms with E-state index in [9.17, 15) is 9.90 Å². The number of hydrogen-bond donors (Lipinski definition) is 3. The maximum absolute atomic E-state index is 11.9. The zero-order valence-electron chi connectivity index (χ0n) is 12.5. The molecule has 0 saturated carbocycles. The van der Waals surface area contributed by atoms with Crippen molar-refractivity contribution in [3.8, 4) is 0 Å². The van der Waals surface area contributed by atoms with Crippen LogP contribution in [-0.4, -0.2) is 22.7 Å². The molecule has 1 aromatic carbocycles. The van der Waals surface area contributed by atoms with E-state index < -0.39 is 6.10 Å². The average Bonchev–Trinajstić information content (AvgIpc) is 3.07. The zero-order valence-corrected chi connectivity index (χ0v) is 13.3. The van der Waals surface area contributed by atoms with Crippen molar-refractivity contribution in [3.05, 3.63) is 52.5 Å². The smallest absolute Gasteiger partial charge is 0.315 e. The first-order valence-corrected chi connectivity index (χ1v) is 8.25. The van der Waals surface area contributed by atoms with Crippen LogP contribution in [0.2, 0.25) is 0 Å². The Bertz CT molecular complexity index is 560. The summed E-state index contributed by atoms with van der Waals surface area (Å²) in [6, 6.07) is 9.13. The van der Waals surface area contributed by atoms with Crippen molar-refractivity contribution in [1.29, 1.82) is 0 Å². The molecular weight excluding hydrogens is 298 g/mol. The van der Waals surface area contributed by atoms with E-state index in [-0.39, 0.29) is 12.1 Å². The Morgan fingerprint density at radius 1 is 1.36 bits per heavy atom. The van der Waals surface area contributed by atoms with Crippen LogP contribution in [0.25, 0.3) is 0 Å². The Morgan fingerprint density at radius 2 is 2.14 bits per heavy atom. The molecule has 0 bridgehead atoms. The Morgan fingerprint density at radius 3 is 2.77 bits per heavy atom. The van der Waals surface area contributed by atoms with Gasteiger partial charge in [0, 0.05) is 18.1 Å². The van der Waals surface area contributed by atoms with E-state index in [0.717, 1.165) is 17.0 Å². The minimum Gasteiger partial charge on any atom is -0.388 e. The molecule has 22 heavy (non-hydrogen) atoms. The number of aromatic nitrogens is 1. The number of carbonyl (C=O) groups is 1. The van der Waals surface area contributed by atoms with Crippen molar-refractivity contribution in [2.45, 2.75) is 31.9 Å². The quantitative estimate of drug-likeness (QED) is 0.734. The maximum atomic E-state index is 11.9. The van der Waals surface area contributed by atoms with E-state index in [4.69, 9.17) is 0 Å². The predicted molar refractivity (Wildman–Crippen MR) is 87.7 cm³/mol. The molecule has 0 fully saturated rings. The Balaban J connectivity index is 1.73. The number of carbonyl (C=O) groups excluding carboxylic acids is 1. The highest BCUT2D eigenvalue weighted by atomic mass is 32.1. The third-order valence-corrected chi connectivity index (χ3v) is 4.24. The highest BCUT2D eigenvalue weighted by Gasteiger charge is 2.15. The molecule has 0 aliphatic heterocycles. The number of amides is 2. The molecule has 2 aromatic rings. The maximum Gasteiger partial charge on any atom is 0.315 e. The van der Waals surface area contributed by atoms with E-state index in [1.54, 1.807) is 6.20 Å². The molecule has 0 aliphatic rings. The zero-order chi connectivity index (χ0) is 15.8. The predicted octanol–water partition coefficient (Wildman–Crippen LogP) is 3.02. The number of aliphatic hydroxyl groups excluding tert-OH is 1. The normalized spacial score (nSPS) is 13.4. The highest BCUT2D eigenvalue weighted by Crippen LogP contribution is 2.18. The summed E-state index contributed by atoms with van der Waals surface area (Å²) in [5.41, 5.74) is 0.860. The summed E-state index contributed by atoms with van der Waals surface area (Å²) in [4.78, 5) is 16.1. The van der Waals surface area contributed by atoms with Gasteiger partial charge >= 0.3 is 6.03 Å². The van der Waals surface area contributed by atoms with Crippen molar-refractivity contribution in [2.24, 2.45) is 0 Å². The summed E-state index contributed by atoms with van der Waals surface area (Å²) >= 11 is 1.53. The molecule has 0 spiro atoms. The second kappa shape index (κ2) is 8.51. The van der Waals surface area contributed by atoms with Crippen LogP contribution < -0.4 is 10.6 Å². The minimum absolute atomic E-state index is 0.0703. The van der Waals surface area contributed by atoms with Crippen LogP contribution in [0.1, 0.15) is 42.5 Å². The molecule has 3 N–H and O–H groups in total. The number of aliphatic hydroxyl groups is 1. The molecule has 2 unspecified atom stereocenters. The number of nitrogens with one attached hydrogen (secondary N) is 2. The standard InChI is InChI=1S/C16H21N3O2S/c1-2-13(15-17-10-11-22-15)19-16(21)18-9-8-14(20)12-6-4-3-5-7-12/h3-7,10-11,13-14,20H,2,8-9H2,1H3,(H2,18,19,21). The molecule has 2 amide bonds. The van der Waals surface area contributed by atoms with Crippen molar-refractivity contribution in [2.75, 3.05) is 6.54 Å². The monoisotopic (exact) mass is 319 g/mol. The molecule has 2 rings (SSSR count). The summed E-state index contributed by atoms with van der Waals surface area (Å²) in [6.07, 6.45) is 2.43. The third-order valence-electron chi connectivity index (χ3n) is 3.35. The summed E-state index contributed by atoms with van der Waals surface area (Å²) in [7, 11) is 0. The lowest BCUT2D eigenvalue weighted by atomic mass is 10.1. The first kappa shape index (κ1) is 16.5. The fraction of sp³-hybridized carbons (Fsp3) is 0.375. The molecule has 5 nitrogen and oxygen atoms in total. The molecular formula is C16H21N3O2S. The number of benzene rings is 1. The minimum atomic E-state index is -0.567. The van der Waals surface area contributed by atoms with Crippen molar-refractivity contribution in [3.63, 3.8) is 0 Å². The van der Waals surface area contributed by atoms with Gasteiger partial charge in [0.15, 0.2) is 0 Å². The second-order valence-electron chi connectivity index (χ2n) is 4.95. The number of thiazole rings is 1. The average molecular weight is 319 g/mol. The van der Waals surface area contributed by atoms with Crippen LogP contribution in [-0.2, 0) is 0 Å². The first-order valence-electron chi connectivity index (χ1n) is 7.37. The van der Waals surface area contributed by atoms with Gasteiger partial charge in [0.05, 0.1) is 12.1 Å². The van der Waals surface area contributed by atoms with Gasteiger partial charge in [0.1, 0.15) is 5.01 Å². The number of hydrogen-bond acceptors (Lipinski definition) is 4. The van der Waals surface area contributed by atoms with Gasteiger partial charge in [0.25, 0.3) is 0 Å². The Hall–Kier alpha value is -1.92. The van der Waals surface area contributed by atoms with Gasteiger partial charge < -0.3 is 15.7 Å². The van der Waals surface area contributed by atoms with E-state index in [1.807, 2.05) is 42.6 Å². The van der Waals surface area contributed by atoms with E-state index in [1.165, 1.54) is 11.3 Å². The van der Waals surface area contributed by atoms with Gasteiger partial charge in [-0.1, -0.05) is 37.3 Å². The molecule has 1 heterocycles. The molecule has 0 radical (unpaired) electrons. The molecule has 1 aromatic heterocycles. The van der Waals surface area contributed by atoms with Gasteiger partial charge in [-0.05, 0) is 18.4 Å². The van der Waals surface area contributed by atoms with E-state index >= 15 is 0 Å². The SMILES string of the molecule is CCC(NC(=O)NCCC(O)c1ccccc1)c1nccs1. The lowest BCUT2D eigenvalue weighted by Crippen LogP contribution is -2.38. The third kappa shape index (κ3) is 4.82. The molecule has 0 aliphatic carbocycles. The molecule has 2 atom stereocenters. The number of urea groups is 1. The molecule has 0 saturated heterocycles. The molecule has 6 heteroatoms. The van der Waals surface area contributed by atoms with Crippen LogP contribution in [0.15, 0.2) is 41.9 Å². The van der Waals surface area contributed by atoms with Crippen LogP contribution in [0.3, 0.4) is 0 Å². The first-order chi connectivity index (χ1) is 10.7. The lowest BCUT2D eigenvalue weighted by Gasteiger charge is -2.16. The lowest BCUT2D eigenvalue weighted by molar-refractivity contribution is 0.166. The van der Waals surface area contributed by atoms with Gasteiger partial charge in [0.2, 0.25) is 0 Å². The van der Waals surface area contributed by atoms with Gasteiger partial charge in [-0.2, -0.15) is 0 Å². The van der Waals surface area contributed by atoms with Crippen molar-refractivity contribution >= 4 is 17.4 Å². The summed E-state index contributed by atoms with van der Waals surface area (Å²) in [5, 5.41) is 18.5. The number of rotatable bonds is 7. The van der Waals surface area contributed by atoms with Crippen molar-refractivity contribution < 1.29 is 9.90 Å². The fourth-order valence-corrected chi connectivity index (χ4v) is 2.89. The second-order valence-corrected chi connectivity index (χ2v) is 5.87. The Kier molecular flexibility index (Phi) is 6.36. The van der Waals surface area contributed by atoms with Gasteiger partial charge in [-0.3, -0.25) is 0 Å². The summed E-state index contributed by atoms with van der Waals surface area (Å²) in [6.45, 7) is 2.42. The number of nitrogens with zero attached hydrogens (tertiary/aromatic N) is 1. The summed E-state index contributed by atoms with van der Waals surface area (Å²) < 4.78 is 0. The van der Waals surface area contributed by atoms with Gasteiger partial charge in [-0.25, -0.2) is 9.78 Å². The largest absolute Gasteiger partial charge is 0.388 e. The molecule has 118 valence electrons. The Labute approximate surface area is 134 Å². The highest BCUT2D eigenvalue weighted by molar-refractivity contribution is 7.09. The van der Waals surface area contributed by atoms with Crippen LogP contribution >= 0.6 is 11.3 Å². The van der Waals surface area contributed by atoms with E-state index in [0.29, 0.717) is 13.0 Å². The van der Waals surface area contributed by atoms with Crippen LogP contribution in [0.5, 0.6) is 0 Å². The summed E-state index contributed by atoms with van der Waals surface area (Å²) in [5.74, 6) is 0. The topological polar surface area (TPSA) is 74.2 Å². The fourth-order valence-electron chi connectivity index (χ4n) is 2.12. The van der Waals surface area contributed by atoms with Gasteiger partial charge in [-0.15, -0.1) is 11.3 Å². The van der Waals surface area contributed by atoms with Crippen LogP contribution in [0.4, 0.5) is 4.79 Å².